The van der Waals surface area contributed by atoms with Gasteiger partial charge in [-0.3, -0.25) is 14.4 Å². The first-order valence-corrected chi connectivity index (χ1v) is 11.5. The quantitative estimate of drug-likeness (QED) is 0.354. The van der Waals surface area contributed by atoms with Crippen molar-refractivity contribution in [3.63, 3.8) is 0 Å². The van der Waals surface area contributed by atoms with Gasteiger partial charge in [0.05, 0.1) is 28.7 Å². The Hall–Kier alpha value is -3.96. The van der Waals surface area contributed by atoms with Crippen molar-refractivity contribution in [2.24, 2.45) is 0 Å². The van der Waals surface area contributed by atoms with Gasteiger partial charge in [0.2, 0.25) is 10.0 Å². The van der Waals surface area contributed by atoms with Crippen LogP contribution in [0, 0.1) is 0 Å². The maximum absolute atomic E-state index is 12.8. The summed E-state index contributed by atoms with van der Waals surface area (Å²) in [6, 6.07) is 13.7. The number of H-pyrrole nitrogens is 1. The van der Waals surface area contributed by atoms with E-state index in [-0.39, 0.29) is 22.7 Å². The molecule has 0 fully saturated rings. The first-order chi connectivity index (χ1) is 15.8. The number of fused-ring (bicyclic) bond motifs is 1. The summed E-state index contributed by atoms with van der Waals surface area (Å²) in [5.41, 5.74) is -0.110. The van der Waals surface area contributed by atoms with E-state index in [9.17, 15) is 22.8 Å². The standard InChI is InChI=1S/C22H20N4O6S/c1-2-26-19-9-8-14(11-18(19)25-21(28)22(26)29)20(27)24-15-5-3-7-17(12-15)33(30,31)23-13-16-6-4-10-32-16/h3-12,23H,2,13H2,1H3,(H,24,27)(H,25,28). The summed E-state index contributed by atoms with van der Waals surface area (Å²) in [5.74, 6) is -0.0454. The van der Waals surface area contributed by atoms with E-state index in [1.807, 2.05) is 0 Å². The lowest BCUT2D eigenvalue weighted by Crippen LogP contribution is -2.36. The number of aryl methyl sites for hydroxylation is 1. The first-order valence-electron chi connectivity index (χ1n) is 9.99. The number of furan rings is 1. The number of rotatable bonds is 7. The molecule has 0 aliphatic rings. The molecule has 2 aromatic carbocycles. The molecule has 0 atom stereocenters. The Kier molecular flexibility index (Phi) is 5.99. The lowest BCUT2D eigenvalue weighted by atomic mass is 10.1. The minimum atomic E-state index is -3.84. The second kappa shape index (κ2) is 8.88. The van der Waals surface area contributed by atoms with E-state index in [1.165, 1.54) is 41.2 Å². The Labute approximate surface area is 187 Å². The van der Waals surface area contributed by atoms with Gasteiger partial charge >= 0.3 is 11.1 Å². The van der Waals surface area contributed by atoms with Crippen LogP contribution >= 0.6 is 0 Å². The zero-order valence-corrected chi connectivity index (χ0v) is 18.3. The fourth-order valence-corrected chi connectivity index (χ4v) is 4.38. The Balaban J connectivity index is 1.56. The summed E-state index contributed by atoms with van der Waals surface area (Å²) >= 11 is 0. The van der Waals surface area contributed by atoms with Crippen LogP contribution in [0.4, 0.5) is 5.69 Å². The predicted molar refractivity (Wildman–Crippen MR) is 122 cm³/mol. The molecule has 0 spiro atoms. The molecule has 2 aromatic heterocycles. The maximum Gasteiger partial charge on any atom is 0.316 e. The molecule has 3 N–H and O–H groups in total. The van der Waals surface area contributed by atoms with E-state index in [2.05, 4.69) is 15.0 Å². The van der Waals surface area contributed by atoms with Gasteiger partial charge in [-0.25, -0.2) is 13.1 Å². The van der Waals surface area contributed by atoms with Crippen LogP contribution in [-0.2, 0) is 23.1 Å². The van der Waals surface area contributed by atoms with Gasteiger partial charge in [-0.1, -0.05) is 6.07 Å². The van der Waals surface area contributed by atoms with E-state index in [1.54, 1.807) is 31.2 Å². The fourth-order valence-electron chi connectivity index (χ4n) is 3.34. The van der Waals surface area contributed by atoms with E-state index in [0.29, 0.717) is 23.3 Å². The highest BCUT2D eigenvalue weighted by Crippen LogP contribution is 2.18. The van der Waals surface area contributed by atoms with Crippen molar-refractivity contribution >= 4 is 32.7 Å². The summed E-state index contributed by atoms with van der Waals surface area (Å²) in [6.07, 6.45) is 1.45. The topological polar surface area (TPSA) is 143 Å². The second-order valence-electron chi connectivity index (χ2n) is 7.12. The molecule has 1 amide bonds. The largest absolute Gasteiger partial charge is 0.468 e. The van der Waals surface area contributed by atoms with Gasteiger partial charge in [-0.15, -0.1) is 0 Å². The minimum Gasteiger partial charge on any atom is -0.468 e. The van der Waals surface area contributed by atoms with Crippen molar-refractivity contribution in [3.8, 4) is 0 Å². The van der Waals surface area contributed by atoms with Crippen LogP contribution in [0.3, 0.4) is 0 Å². The summed E-state index contributed by atoms with van der Waals surface area (Å²) in [4.78, 5) is 39.1. The number of sulfonamides is 1. The average molecular weight is 468 g/mol. The molecule has 0 unspecified atom stereocenters. The fraction of sp³-hybridized carbons (Fsp3) is 0.136. The number of nitrogens with zero attached hydrogens (tertiary/aromatic N) is 1. The molecule has 0 saturated heterocycles. The van der Waals surface area contributed by atoms with Crippen molar-refractivity contribution < 1.29 is 17.6 Å². The van der Waals surface area contributed by atoms with Crippen LogP contribution in [0.1, 0.15) is 23.0 Å². The average Bonchev–Trinajstić information content (AvgIpc) is 3.32. The number of anilines is 1. The molecule has 4 rings (SSSR count). The number of carbonyl (C=O) groups excluding carboxylic acids is 1. The number of aromatic nitrogens is 2. The lowest BCUT2D eigenvalue weighted by molar-refractivity contribution is 0.102. The van der Waals surface area contributed by atoms with Crippen molar-refractivity contribution in [2.75, 3.05) is 5.32 Å². The Bertz CT molecular complexity index is 1550. The van der Waals surface area contributed by atoms with Crippen molar-refractivity contribution in [1.29, 1.82) is 0 Å². The van der Waals surface area contributed by atoms with Gasteiger partial charge in [0.25, 0.3) is 5.91 Å². The third-order valence-electron chi connectivity index (χ3n) is 4.97. The number of amides is 1. The Morgan fingerprint density at radius 3 is 2.64 bits per heavy atom. The predicted octanol–water partition coefficient (Wildman–Crippen LogP) is 2.03. The van der Waals surface area contributed by atoms with Crippen LogP contribution in [-0.4, -0.2) is 23.9 Å². The number of hydrogen-bond donors (Lipinski definition) is 3. The number of benzene rings is 2. The molecular weight excluding hydrogens is 448 g/mol. The normalized spacial score (nSPS) is 11.5. The highest BCUT2D eigenvalue weighted by Gasteiger charge is 2.16. The maximum atomic E-state index is 12.8. The van der Waals surface area contributed by atoms with Crippen LogP contribution in [0.25, 0.3) is 11.0 Å². The molecule has 0 saturated carbocycles. The molecule has 170 valence electrons. The second-order valence-corrected chi connectivity index (χ2v) is 8.89. The Morgan fingerprint density at radius 2 is 1.91 bits per heavy atom. The molecule has 33 heavy (non-hydrogen) atoms. The molecule has 0 aliphatic heterocycles. The molecule has 0 aliphatic carbocycles. The van der Waals surface area contributed by atoms with Crippen LogP contribution in [0.5, 0.6) is 0 Å². The Morgan fingerprint density at radius 1 is 1.09 bits per heavy atom. The SMILES string of the molecule is CCn1c(=O)c(=O)[nH]c2cc(C(=O)Nc3cccc(S(=O)(=O)NCc4ccco4)c3)ccc21. The molecule has 0 radical (unpaired) electrons. The van der Waals surface area contributed by atoms with Gasteiger partial charge in [0.15, 0.2) is 0 Å². The molecule has 2 heterocycles. The number of hydrogen-bond acceptors (Lipinski definition) is 6. The summed E-state index contributed by atoms with van der Waals surface area (Å²) < 4.78 is 34.0. The minimum absolute atomic E-state index is 0.00987. The third-order valence-corrected chi connectivity index (χ3v) is 6.37. The van der Waals surface area contributed by atoms with E-state index in [0.717, 1.165) is 0 Å². The van der Waals surface area contributed by atoms with E-state index in [4.69, 9.17) is 4.42 Å². The molecule has 4 aromatic rings. The van der Waals surface area contributed by atoms with Gasteiger partial charge < -0.3 is 19.3 Å². The zero-order chi connectivity index (χ0) is 23.6. The monoisotopic (exact) mass is 468 g/mol. The van der Waals surface area contributed by atoms with Crippen LogP contribution in [0.15, 0.2) is 79.8 Å². The van der Waals surface area contributed by atoms with Gasteiger partial charge in [-0.05, 0) is 55.5 Å². The highest BCUT2D eigenvalue weighted by atomic mass is 32.2. The van der Waals surface area contributed by atoms with Crippen molar-refractivity contribution in [1.82, 2.24) is 14.3 Å². The molecule has 11 heteroatoms. The van der Waals surface area contributed by atoms with Gasteiger partial charge in [-0.2, -0.15) is 0 Å². The molecular formula is C22H20N4O6S. The summed E-state index contributed by atoms with van der Waals surface area (Å²) in [7, 11) is -3.84. The third kappa shape index (κ3) is 4.64. The van der Waals surface area contributed by atoms with Gasteiger partial charge in [0.1, 0.15) is 5.76 Å². The van der Waals surface area contributed by atoms with E-state index >= 15 is 0 Å². The molecule has 0 bridgehead atoms. The van der Waals surface area contributed by atoms with Crippen LogP contribution < -0.4 is 21.2 Å². The van der Waals surface area contributed by atoms with Gasteiger partial charge in [0, 0.05) is 17.8 Å². The lowest BCUT2D eigenvalue weighted by Gasteiger charge is -2.11. The van der Waals surface area contributed by atoms with Crippen LogP contribution in [0.2, 0.25) is 0 Å². The smallest absolute Gasteiger partial charge is 0.316 e. The number of carbonyl (C=O) groups is 1. The number of aromatic amines is 1. The molecule has 10 nitrogen and oxygen atoms in total. The van der Waals surface area contributed by atoms with Crippen molar-refractivity contribution in [2.45, 2.75) is 24.9 Å². The highest BCUT2D eigenvalue weighted by molar-refractivity contribution is 7.89. The number of nitrogens with one attached hydrogen (secondary N) is 3. The summed E-state index contributed by atoms with van der Waals surface area (Å²) in [6.45, 7) is 2.04. The van der Waals surface area contributed by atoms with Crippen molar-refractivity contribution in [3.05, 3.63) is 92.9 Å². The van der Waals surface area contributed by atoms with E-state index < -0.39 is 27.0 Å². The zero-order valence-electron chi connectivity index (χ0n) is 17.5. The first kappa shape index (κ1) is 22.2. The summed E-state index contributed by atoms with van der Waals surface area (Å²) in [5, 5.41) is 2.65.